The molecule has 0 radical (unpaired) electrons. The van der Waals surface area contributed by atoms with Gasteiger partial charge in [0.05, 0.1) is 16.7 Å². The van der Waals surface area contributed by atoms with E-state index in [9.17, 15) is 4.79 Å². The van der Waals surface area contributed by atoms with Crippen LogP contribution in [0.4, 0.5) is 5.69 Å². The number of fused-ring (bicyclic) bond motifs is 4. The molecule has 32 heavy (non-hydrogen) atoms. The fourth-order valence-corrected chi connectivity index (χ4v) is 4.34. The van der Waals surface area contributed by atoms with E-state index in [1.54, 1.807) is 4.40 Å². The summed E-state index contributed by atoms with van der Waals surface area (Å²) in [5.41, 5.74) is 3.97. The monoisotopic (exact) mass is 419 g/mol. The molecule has 0 amide bonds. The summed E-state index contributed by atoms with van der Waals surface area (Å²) >= 11 is 0. The lowest BCUT2D eigenvalue weighted by Gasteiger charge is -2.08. The van der Waals surface area contributed by atoms with Gasteiger partial charge in [0.15, 0.2) is 18.9 Å². The summed E-state index contributed by atoms with van der Waals surface area (Å²) in [4.78, 5) is 22.8. The Labute approximate surface area is 182 Å². The summed E-state index contributed by atoms with van der Waals surface area (Å²) in [5.74, 6) is 0. The maximum Gasteiger partial charge on any atom is 0.264 e. The Morgan fingerprint density at radius 3 is 2.69 bits per heavy atom. The molecule has 0 aliphatic rings. The molecule has 0 atom stereocenters. The molecule has 0 saturated carbocycles. The molecule has 0 aliphatic heterocycles. The molecular formula is C26H19N4O2+. The van der Waals surface area contributed by atoms with E-state index in [0.717, 1.165) is 38.4 Å². The number of benzene rings is 3. The second-order valence-electron chi connectivity index (χ2n) is 7.81. The molecule has 0 fully saturated rings. The number of aliphatic hydroxyl groups is 1. The summed E-state index contributed by atoms with van der Waals surface area (Å²) in [6, 6.07) is 21.4. The first-order valence-electron chi connectivity index (χ1n) is 10.5. The molecule has 0 unspecified atom stereocenters. The van der Waals surface area contributed by atoms with Crippen LogP contribution in [0.25, 0.3) is 38.2 Å². The Bertz CT molecular complexity index is 1700. The first-order chi connectivity index (χ1) is 15.7. The number of pyridine rings is 2. The smallest absolute Gasteiger partial charge is 0.264 e. The zero-order valence-electron chi connectivity index (χ0n) is 17.1. The highest BCUT2D eigenvalue weighted by Crippen LogP contribution is 2.33. The summed E-state index contributed by atoms with van der Waals surface area (Å²) in [6.45, 7) is 0.667. The normalized spacial score (nSPS) is 12.2. The quantitative estimate of drug-likeness (QED) is 0.350. The van der Waals surface area contributed by atoms with E-state index in [0.29, 0.717) is 17.6 Å². The van der Waals surface area contributed by atoms with Crippen molar-refractivity contribution in [3.8, 4) is 0 Å². The molecule has 6 aromatic rings. The molecule has 0 aliphatic carbocycles. The van der Waals surface area contributed by atoms with Gasteiger partial charge in [0.25, 0.3) is 5.56 Å². The van der Waals surface area contributed by atoms with Gasteiger partial charge in [-0.1, -0.05) is 24.3 Å². The van der Waals surface area contributed by atoms with Crippen molar-refractivity contribution in [1.82, 2.24) is 9.38 Å². The van der Waals surface area contributed by atoms with Gasteiger partial charge in [-0.3, -0.25) is 14.2 Å². The Kier molecular flexibility index (Phi) is 4.19. The second-order valence-corrected chi connectivity index (χ2v) is 7.81. The van der Waals surface area contributed by atoms with Crippen molar-refractivity contribution in [2.24, 2.45) is 4.99 Å². The number of rotatable bonds is 4. The maximum absolute atomic E-state index is 13.3. The third-order valence-corrected chi connectivity index (χ3v) is 5.83. The Morgan fingerprint density at radius 2 is 1.84 bits per heavy atom. The van der Waals surface area contributed by atoms with E-state index >= 15 is 0 Å². The van der Waals surface area contributed by atoms with E-state index < -0.39 is 0 Å². The van der Waals surface area contributed by atoms with Crippen molar-refractivity contribution in [3.05, 3.63) is 95.0 Å². The van der Waals surface area contributed by atoms with Gasteiger partial charge in [-0.15, -0.1) is 0 Å². The van der Waals surface area contributed by atoms with Crippen LogP contribution in [0.15, 0.2) is 88.9 Å². The standard InChI is InChI=1S/C26H19N4O2/c31-13-12-29-10-8-17(9-11-29)16-27-19-14-18-4-3-5-20-24(18)21(15-19)25-28-22-6-1-2-7-23(22)30(25)26(20)32/h1-11,14-16,31H,12-13H2/q+1/b27-16+. The molecule has 154 valence electrons. The van der Waals surface area contributed by atoms with Gasteiger partial charge in [0.2, 0.25) is 0 Å². The van der Waals surface area contributed by atoms with Crippen LogP contribution in [0.2, 0.25) is 0 Å². The van der Waals surface area contributed by atoms with Gasteiger partial charge >= 0.3 is 0 Å². The molecule has 1 N–H and O–H groups in total. The van der Waals surface area contributed by atoms with Crippen LogP contribution in [0.3, 0.4) is 0 Å². The lowest BCUT2D eigenvalue weighted by atomic mass is 10.0. The Hall–Kier alpha value is -4.16. The fraction of sp³-hybridized carbons (Fsp3) is 0.0769. The number of hydrogen-bond donors (Lipinski definition) is 1. The number of imidazole rings is 1. The van der Waals surface area contributed by atoms with E-state index in [1.807, 2.05) is 89.9 Å². The average molecular weight is 419 g/mol. The SMILES string of the molecule is O=c1c2cccc3cc(/N=C/c4cc[n+](CCO)cc4)cc(c32)c2nc3ccccc3n12. The number of aliphatic hydroxyl groups excluding tert-OH is 1. The van der Waals surface area contributed by atoms with Crippen molar-refractivity contribution >= 4 is 50.1 Å². The van der Waals surface area contributed by atoms with E-state index in [1.165, 1.54) is 0 Å². The lowest BCUT2D eigenvalue weighted by Crippen LogP contribution is -2.34. The molecule has 3 aromatic carbocycles. The van der Waals surface area contributed by atoms with Gasteiger partial charge in [-0.05, 0) is 35.7 Å². The van der Waals surface area contributed by atoms with Crippen LogP contribution in [-0.2, 0) is 6.54 Å². The molecule has 6 rings (SSSR count). The number of hydrogen-bond acceptors (Lipinski definition) is 4. The molecule has 0 spiro atoms. The van der Waals surface area contributed by atoms with Crippen molar-refractivity contribution in [3.63, 3.8) is 0 Å². The Balaban J connectivity index is 1.57. The van der Waals surface area contributed by atoms with Crippen molar-refractivity contribution in [2.75, 3.05) is 6.61 Å². The minimum Gasteiger partial charge on any atom is -0.390 e. The fourth-order valence-electron chi connectivity index (χ4n) is 4.34. The highest BCUT2D eigenvalue weighted by molar-refractivity contribution is 6.16. The van der Waals surface area contributed by atoms with E-state index in [4.69, 9.17) is 15.1 Å². The topological polar surface area (TPSA) is 70.8 Å². The van der Waals surface area contributed by atoms with Gasteiger partial charge in [-0.25, -0.2) is 9.55 Å². The number of aromatic nitrogens is 3. The van der Waals surface area contributed by atoms with Crippen LogP contribution in [-0.4, -0.2) is 27.3 Å². The molecular weight excluding hydrogens is 400 g/mol. The highest BCUT2D eigenvalue weighted by atomic mass is 16.3. The zero-order valence-corrected chi connectivity index (χ0v) is 17.1. The molecule has 3 heterocycles. The number of para-hydroxylation sites is 2. The minimum absolute atomic E-state index is 0.0523. The Morgan fingerprint density at radius 1 is 1.00 bits per heavy atom. The van der Waals surface area contributed by atoms with Crippen molar-refractivity contribution < 1.29 is 9.67 Å². The van der Waals surface area contributed by atoms with Crippen LogP contribution in [0.1, 0.15) is 5.56 Å². The van der Waals surface area contributed by atoms with Gasteiger partial charge in [-0.2, -0.15) is 0 Å². The van der Waals surface area contributed by atoms with Crippen LogP contribution >= 0.6 is 0 Å². The molecule has 3 aromatic heterocycles. The van der Waals surface area contributed by atoms with Gasteiger partial charge < -0.3 is 5.11 Å². The third-order valence-electron chi connectivity index (χ3n) is 5.83. The summed E-state index contributed by atoms with van der Waals surface area (Å²) < 4.78 is 3.62. The predicted octanol–water partition coefficient (Wildman–Crippen LogP) is 3.62. The molecule has 0 bridgehead atoms. The predicted molar refractivity (Wildman–Crippen MR) is 126 cm³/mol. The highest BCUT2D eigenvalue weighted by Gasteiger charge is 2.16. The van der Waals surface area contributed by atoms with E-state index in [2.05, 4.69) is 0 Å². The summed E-state index contributed by atoms with van der Waals surface area (Å²) in [5, 5.41) is 12.5. The molecule has 6 heteroatoms. The van der Waals surface area contributed by atoms with Crippen LogP contribution < -0.4 is 10.1 Å². The molecule has 6 nitrogen and oxygen atoms in total. The average Bonchev–Trinajstić information content (AvgIpc) is 3.22. The molecule has 0 saturated heterocycles. The van der Waals surface area contributed by atoms with Crippen LogP contribution in [0.5, 0.6) is 0 Å². The maximum atomic E-state index is 13.3. The van der Waals surface area contributed by atoms with Gasteiger partial charge in [0, 0.05) is 40.1 Å². The number of aliphatic imine (C=N–C) groups is 1. The zero-order chi connectivity index (χ0) is 21.7. The van der Waals surface area contributed by atoms with Crippen molar-refractivity contribution in [2.45, 2.75) is 6.54 Å². The van der Waals surface area contributed by atoms with E-state index in [-0.39, 0.29) is 12.2 Å². The number of nitrogens with zero attached hydrogens (tertiary/aromatic N) is 4. The largest absolute Gasteiger partial charge is 0.390 e. The third kappa shape index (κ3) is 2.85. The van der Waals surface area contributed by atoms with Gasteiger partial charge in [0.1, 0.15) is 12.3 Å². The second kappa shape index (κ2) is 7.21. The first-order valence-corrected chi connectivity index (χ1v) is 10.5. The van der Waals surface area contributed by atoms with Crippen molar-refractivity contribution in [1.29, 1.82) is 0 Å². The lowest BCUT2D eigenvalue weighted by molar-refractivity contribution is -0.698. The summed E-state index contributed by atoms with van der Waals surface area (Å²) in [6.07, 6.45) is 5.65. The van der Waals surface area contributed by atoms with Crippen LogP contribution in [0, 0.1) is 0 Å². The first kappa shape index (κ1) is 18.6. The summed E-state index contributed by atoms with van der Waals surface area (Å²) in [7, 11) is 0. The minimum atomic E-state index is -0.0523.